The standard InChI is InChI=1S/C67H72N4O13/c1-4-48-42-27-46-33-12-18-63(19-13-33)16-5-17-65-45(29-69-62(65)79)54-34(7-11-52(63)65)24-44-56(68-3)40-15-21-64(66(80,61(78)58(77)51(76)31-72)28-35-6-10-49(74)38-9-8-37(73)26-41(35)38)20-14-39(40)55(54)67(44)53(83-84-64)25-36-23-43-50(75)22-32(2)81-60(43)57(59(36)82-67)71(48)30-47(42)70-46/h6,8-10,12,15,18,21-24,26-27,30,33,44-45,51-56,58,61,68,70,72-74,76-78,80H,4-5,7,11,13-14,16-17,19-20,25,28-29,31H2,1-3H3,(H,69,79). The number of ether oxygens (including phenoxy) is 1. The summed E-state index contributed by atoms with van der Waals surface area (Å²) < 4.78 is 17.3. The molecule has 3 aromatic carbocycles. The SMILES string of the molecule is CCc1c2cc3[nH]c2cn1-c1c2c(cc4c(=O)cc(C)oc14)CC1OOC4(C(O)(Cc5ccc(O)c6ccc(O)cc56)C(O)C(O)C(O)CO)C=CC5=C(CC4)C4C6C(=CC(C5NC)C14O2)CCC1C2(C=CC3CC2)CCCC12C(=O)NCC62. The number of nitrogens with one attached hydrogen (secondary N) is 3. The second-order valence-corrected chi connectivity index (χ2v) is 26.5. The summed E-state index contributed by atoms with van der Waals surface area (Å²) in [6.45, 7) is 3.44. The molecule has 16 atom stereocenters. The molecule has 17 nitrogen and oxygen atoms in total. The first kappa shape index (κ1) is 53.0. The molecule has 17 heteroatoms. The van der Waals surface area contributed by atoms with Gasteiger partial charge in [-0.25, -0.2) is 9.78 Å². The van der Waals surface area contributed by atoms with Crippen LogP contribution in [0, 0.1) is 47.3 Å². The fourth-order valence-electron chi connectivity index (χ4n) is 19.5. The lowest BCUT2D eigenvalue weighted by molar-refractivity contribution is -0.429. The third-order valence-electron chi connectivity index (χ3n) is 23.1. The van der Waals surface area contributed by atoms with Gasteiger partial charge in [-0.05, 0) is 154 Å². The Morgan fingerprint density at radius 2 is 1.81 bits per heavy atom. The van der Waals surface area contributed by atoms with Gasteiger partial charge in [-0.15, -0.1) is 0 Å². The summed E-state index contributed by atoms with van der Waals surface area (Å²) in [5.74, 6) is -0.322. The van der Waals surface area contributed by atoms with E-state index < -0.39 is 77.5 Å². The first-order chi connectivity index (χ1) is 40.5. The second kappa shape index (κ2) is 18.2. The van der Waals surface area contributed by atoms with Gasteiger partial charge in [-0.1, -0.05) is 54.9 Å². The summed E-state index contributed by atoms with van der Waals surface area (Å²) in [5.41, 5.74) is 1.09. The summed E-state index contributed by atoms with van der Waals surface area (Å²) in [5, 5.41) is 91.8. The van der Waals surface area contributed by atoms with Gasteiger partial charge in [0.25, 0.3) is 0 Å². The molecular formula is C67H72N4O13. The molecule has 19 rings (SSSR count). The van der Waals surface area contributed by atoms with Gasteiger partial charge in [0, 0.05) is 83.2 Å². The summed E-state index contributed by atoms with van der Waals surface area (Å²) >= 11 is 0. The number of rotatable bonds is 9. The number of aromatic hydroxyl groups is 2. The van der Waals surface area contributed by atoms with Gasteiger partial charge in [-0.3, -0.25) is 9.59 Å². The van der Waals surface area contributed by atoms with Crippen LogP contribution in [0.15, 0.2) is 111 Å². The average Bonchev–Trinajstić information content (AvgIpc) is 1.67. The minimum Gasteiger partial charge on any atom is -0.508 e. The number of hydrogen-bond acceptors (Lipinski definition) is 14. The molecule has 16 unspecified atom stereocenters. The van der Waals surface area contributed by atoms with E-state index in [0.717, 1.165) is 78.4 Å². The lowest BCUT2D eigenvalue weighted by Gasteiger charge is -2.62. The molecule has 13 aliphatic rings. The highest BCUT2D eigenvalue weighted by Crippen LogP contribution is 2.71. The number of likely N-dealkylation sites (N-methyl/N-ethyl adjacent to an activating group) is 1. The molecule has 7 aliphatic heterocycles. The van der Waals surface area contributed by atoms with Gasteiger partial charge in [0.15, 0.2) is 28.0 Å². The van der Waals surface area contributed by atoms with Crippen molar-refractivity contribution in [1.82, 2.24) is 20.2 Å². The number of fused-ring (bicyclic) bond motifs is 4. The van der Waals surface area contributed by atoms with Crippen LogP contribution in [-0.4, -0.2) is 119 Å². The Morgan fingerprint density at radius 1 is 0.952 bits per heavy atom. The number of H-pyrrole nitrogens is 1. The fraction of sp³-hybridized carbons (Fsp3) is 0.493. The van der Waals surface area contributed by atoms with E-state index in [1.807, 2.05) is 19.2 Å². The van der Waals surface area contributed by atoms with Crippen molar-refractivity contribution < 1.29 is 59.5 Å². The van der Waals surface area contributed by atoms with Crippen LogP contribution in [0.4, 0.5) is 0 Å². The van der Waals surface area contributed by atoms with Crippen molar-refractivity contribution in [3.63, 3.8) is 0 Å². The summed E-state index contributed by atoms with van der Waals surface area (Å²) in [6, 6.07) is 12.6. The molecule has 4 fully saturated rings. The number of allylic oxidation sites excluding steroid dienone is 3. The molecular weight excluding hydrogens is 1070 g/mol. The number of carbonyl (C=O) groups excluding carboxylic acids is 1. The topological polar surface area (TPSA) is 261 Å². The minimum atomic E-state index is -2.62. The number of aromatic nitrogens is 2. The molecule has 0 radical (unpaired) electrons. The van der Waals surface area contributed by atoms with E-state index in [9.17, 15) is 40.5 Å². The average molecular weight is 1140 g/mol. The molecule has 2 saturated heterocycles. The molecule has 84 heavy (non-hydrogen) atoms. The number of amides is 1. The number of phenols is 2. The number of aliphatic hydroxyl groups is 5. The smallest absolute Gasteiger partial charge is 0.226 e. The van der Waals surface area contributed by atoms with Gasteiger partial charge < -0.3 is 65.1 Å². The molecule has 1 amide bonds. The van der Waals surface area contributed by atoms with E-state index in [1.54, 1.807) is 25.1 Å². The molecule has 2 saturated carbocycles. The van der Waals surface area contributed by atoms with Gasteiger partial charge >= 0.3 is 0 Å². The Bertz CT molecular complexity index is 4020. The molecule has 3 aromatic heterocycles. The van der Waals surface area contributed by atoms with Gasteiger partial charge in [-0.2, -0.15) is 0 Å². The highest BCUT2D eigenvalue weighted by atomic mass is 17.2. The summed E-state index contributed by atoms with van der Waals surface area (Å²) in [4.78, 5) is 48.4. The normalized spacial score (nSPS) is 34.9. The van der Waals surface area contributed by atoms with E-state index in [-0.39, 0.29) is 71.2 Å². The first-order valence-electron chi connectivity index (χ1n) is 30.5. The molecule has 438 valence electrons. The van der Waals surface area contributed by atoms with Crippen molar-refractivity contribution in [1.29, 1.82) is 0 Å². The van der Waals surface area contributed by atoms with Crippen molar-refractivity contribution in [3.05, 3.63) is 140 Å². The Kier molecular flexibility index (Phi) is 11.5. The van der Waals surface area contributed by atoms with Crippen molar-refractivity contribution in [2.24, 2.45) is 40.4 Å². The zero-order valence-electron chi connectivity index (χ0n) is 47.4. The van der Waals surface area contributed by atoms with Crippen LogP contribution in [-0.2, 0) is 33.8 Å². The minimum absolute atomic E-state index is 0.0486. The molecule has 3 spiro atoms. The van der Waals surface area contributed by atoms with Crippen molar-refractivity contribution >= 4 is 38.6 Å². The van der Waals surface area contributed by atoms with Gasteiger partial charge in [0.1, 0.15) is 53.0 Å². The fourth-order valence-corrected chi connectivity index (χ4v) is 19.5. The van der Waals surface area contributed by atoms with E-state index in [1.165, 1.54) is 29.8 Å². The monoisotopic (exact) mass is 1140 g/mol. The molecule has 10 N–H and O–H groups in total. The maximum absolute atomic E-state index is 15.6. The van der Waals surface area contributed by atoms with Crippen LogP contribution in [0.5, 0.6) is 17.2 Å². The zero-order chi connectivity index (χ0) is 57.7. The largest absolute Gasteiger partial charge is 0.508 e. The van der Waals surface area contributed by atoms with Crippen LogP contribution in [0.25, 0.3) is 38.3 Å². The maximum Gasteiger partial charge on any atom is 0.226 e. The molecule has 6 aromatic rings. The number of aliphatic hydroxyl groups excluding tert-OH is 4. The number of aromatic amines is 1. The first-order valence-corrected chi connectivity index (χ1v) is 30.5. The predicted octanol–water partition coefficient (Wildman–Crippen LogP) is 7.09. The Hall–Kier alpha value is -6.54. The Balaban J connectivity index is 0.984. The molecule has 10 heterocycles. The molecule has 15 bridgehead atoms. The van der Waals surface area contributed by atoms with E-state index >= 15 is 4.79 Å². The number of hydrogen-bond donors (Lipinski definition) is 10. The van der Waals surface area contributed by atoms with Crippen LogP contribution in [0.3, 0.4) is 0 Å². The molecule has 6 aliphatic carbocycles. The number of aryl methyl sites for hydroxylation is 2. The van der Waals surface area contributed by atoms with E-state index in [4.69, 9.17) is 18.9 Å². The van der Waals surface area contributed by atoms with Crippen molar-refractivity contribution in [2.75, 3.05) is 20.2 Å². The van der Waals surface area contributed by atoms with Crippen LogP contribution in [0.1, 0.15) is 98.9 Å². The van der Waals surface area contributed by atoms with Gasteiger partial charge in [0.05, 0.1) is 22.9 Å². The number of carbonyl (C=O) groups is 1. The highest BCUT2D eigenvalue weighted by Gasteiger charge is 2.74. The number of nitrogens with zero attached hydrogens (tertiary/aromatic N) is 1. The van der Waals surface area contributed by atoms with E-state index in [0.29, 0.717) is 63.0 Å². The maximum atomic E-state index is 15.6. The lowest BCUT2D eigenvalue weighted by Crippen LogP contribution is -2.72. The number of benzene rings is 3. The Labute approximate surface area is 484 Å². The third-order valence-corrected chi connectivity index (χ3v) is 23.1. The third kappa shape index (κ3) is 6.78. The quantitative estimate of drug-likeness (QED) is 0.0512. The summed E-state index contributed by atoms with van der Waals surface area (Å²) in [7, 11) is 1.94. The Morgan fingerprint density at radius 3 is 2.61 bits per heavy atom. The van der Waals surface area contributed by atoms with Crippen LogP contribution < -0.4 is 20.8 Å². The van der Waals surface area contributed by atoms with Crippen molar-refractivity contribution in [3.8, 4) is 22.9 Å². The zero-order valence-corrected chi connectivity index (χ0v) is 47.4. The van der Waals surface area contributed by atoms with Crippen LogP contribution in [0.2, 0.25) is 0 Å². The lowest BCUT2D eigenvalue weighted by atomic mass is 9.45. The van der Waals surface area contributed by atoms with Crippen LogP contribution >= 0.6 is 0 Å². The van der Waals surface area contributed by atoms with Crippen molar-refractivity contribution in [2.45, 2.75) is 144 Å². The number of phenolic OH excluding ortho intramolecular Hbond substituents is 2. The van der Waals surface area contributed by atoms with E-state index in [2.05, 4.69) is 57.6 Å². The highest BCUT2D eigenvalue weighted by molar-refractivity contribution is 5.94. The summed E-state index contributed by atoms with van der Waals surface area (Å²) in [6.07, 6.45) is 12.5. The second-order valence-electron chi connectivity index (χ2n) is 26.5. The van der Waals surface area contributed by atoms with Gasteiger partial charge in [0.2, 0.25) is 5.91 Å². The predicted molar refractivity (Wildman–Crippen MR) is 310 cm³/mol.